The normalized spacial score (nSPS) is 22.0. The van der Waals surface area contributed by atoms with Crippen LogP contribution in [-0.2, 0) is 9.59 Å². The molecule has 1 heterocycles. The summed E-state index contributed by atoms with van der Waals surface area (Å²) in [5.74, 6) is 1.11. The first kappa shape index (κ1) is 9.55. The van der Waals surface area contributed by atoms with Crippen LogP contribution in [0.5, 0.6) is 0 Å². The van der Waals surface area contributed by atoms with Crippen LogP contribution >= 0.6 is 0 Å². The first-order valence-corrected chi connectivity index (χ1v) is 3.83. The lowest BCUT2D eigenvalue weighted by Crippen LogP contribution is -2.56. The van der Waals surface area contributed by atoms with Gasteiger partial charge >= 0.3 is 0 Å². The second-order valence-electron chi connectivity index (χ2n) is 2.78. The molecule has 0 aromatic carbocycles. The van der Waals surface area contributed by atoms with Crippen molar-refractivity contribution >= 4 is 11.8 Å². The largest absolute Gasteiger partial charge is 0.394 e. The van der Waals surface area contributed by atoms with Gasteiger partial charge in [-0.1, -0.05) is 0 Å². The molecule has 70 valence electrons. The Hall–Kier alpha value is -1.54. The number of nitrogens with one attached hydrogen (secondary N) is 1. The van der Waals surface area contributed by atoms with Gasteiger partial charge in [-0.15, -0.1) is 6.42 Å². The zero-order valence-corrected chi connectivity index (χ0v) is 6.99. The highest BCUT2D eigenvalue weighted by Gasteiger charge is 2.26. The van der Waals surface area contributed by atoms with Crippen molar-refractivity contribution in [2.75, 3.05) is 19.7 Å². The smallest absolute Gasteiger partial charge is 0.298 e. The lowest BCUT2D eigenvalue weighted by molar-refractivity contribution is -0.136. The summed E-state index contributed by atoms with van der Waals surface area (Å²) >= 11 is 0. The lowest BCUT2D eigenvalue weighted by Gasteiger charge is -2.30. The summed E-state index contributed by atoms with van der Waals surface area (Å²) < 4.78 is 0. The highest BCUT2D eigenvalue weighted by atomic mass is 16.3. The Morgan fingerprint density at radius 1 is 1.85 bits per heavy atom. The summed E-state index contributed by atoms with van der Waals surface area (Å²) in [4.78, 5) is 23.2. The summed E-state index contributed by atoms with van der Waals surface area (Å²) in [6, 6.07) is -0.404. The van der Waals surface area contributed by atoms with Crippen LogP contribution in [0.4, 0.5) is 0 Å². The molecule has 0 bridgehead atoms. The number of nitrogens with zero attached hydrogens (tertiary/aromatic N) is 1. The molecule has 1 saturated heterocycles. The van der Waals surface area contributed by atoms with Gasteiger partial charge in [0.25, 0.3) is 5.91 Å². The molecule has 2 N–H and O–H groups in total. The molecule has 1 aliphatic heterocycles. The van der Waals surface area contributed by atoms with E-state index >= 15 is 0 Å². The predicted octanol–water partition coefficient (Wildman–Crippen LogP) is -2.06. The molecular weight excluding hydrogens is 172 g/mol. The van der Waals surface area contributed by atoms with Crippen LogP contribution in [0.15, 0.2) is 0 Å². The third kappa shape index (κ3) is 2.20. The number of aliphatic hydroxyl groups is 1. The average molecular weight is 182 g/mol. The van der Waals surface area contributed by atoms with E-state index in [1.54, 1.807) is 0 Å². The fourth-order valence-corrected chi connectivity index (χ4v) is 1.17. The van der Waals surface area contributed by atoms with Crippen molar-refractivity contribution in [2.45, 2.75) is 6.04 Å². The molecule has 13 heavy (non-hydrogen) atoms. The maximum Gasteiger partial charge on any atom is 0.298 e. The van der Waals surface area contributed by atoms with Gasteiger partial charge in [-0.25, -0.2) is 0 Å². The van der Waals surface area contributed by atoms with E-state index in [2.05, 4.69) is 5.32 Å². The number of hydrogen-bond donors (Lipinski definition) is 2. The first-order chi connectivity index (χ1) is 6.17. The first-order valence-electron chi connectivity index (χ1n) is 3.83. The van der Waals surface area contributed by atoms with Crippen LogP contribution in [0.25, 0.3) is 0 Å². The van der Waals surface area contributed by atoms with Gasteiger partial charge in [-0.05, 0) is 5.92 Å². The van der Waals surface area contributed by atoms with Crippen LogP contribution in [0.2, 0.25) is 0 Å². The van der Waals surface area contributed by atoms with Crippen LogP contribution in [0.1, 0.15) is 0 Å². The van der Waals surface area contributed by atoms with Crippen molar-refractivity contribution in [3.05, 3.63) is 0 Å². The summed E-state index contributed by atoms with van der Waals surface area (Å²) in [6.07, 6.45) is 4.90. The number of terminal acetylenes is 1. The Morgan fingerprint density at radius 2 is 2.54 bits per heavy atom. The molecule has 0 unspecified atom stereocenters. The molecule has 0 aromatic heterocycles. The number of carbonyl (C=O) groups excluding carboxylic acids is 2. The predicted molar refractivity (Wildman–Crippen MR) is 44.4 cm³/mol. The minimum absolute atomic E-state index is 0.0282. The molecule has 0 radical (unpaired) electrons. The number of piperazine rings is 1. The fourth-order valence-electron chi connectivity index (χ4n) is 1.17. The number of hydrogen-bond acceptors (Lipinski definition) is 3. The molecule has 0 aromatic rings. The van der Waals surface area contributed by atoms with Gasteiger partial charge in [0.15, 0.2) is 0 Å². The number of aliphatic hydroxyl groups excluding tert-OH is 1. The van der Waals surface area contributed by atoms with Crippen LogP contribution in [0.3, 0.4) is 0 Å². The minimum Gasteiger partial charge on any atom is -0.394 e. The molecule has 5 nitrogen and oxygen atoms in total. The summed E-state index contributed by atoms with van der Waals surface area (Å²) in [5, 5.41) is 11.3. The number of rotatable bonds is 1. The third-order valence-electron chi connectivity index (χ3n) is 1.77. The summed E-state index contributed by atoms with van der Waals surface area (Å²) in [6.45, 7) is 0.0465. The molecule has 2 amide bonds. The second kappa shape index (κ2) is 3.92. The van der Waals surface area contributed by atoms with Crippen LogP contribution in [-0.4, -0.2) is 47.6 Å². The van der Waals surface area contributed by atoms with Crippen molar-refractivity contribution in [3.63, 3.8) is 0 Å². The molecule has 5 heteroatoms. The maximum absolute atomic E-state index is 11.0. The van der Waals surface area contributed by atoms with E-state index in [-0.39, 0.29) is 25.6 Å². The standard InChI is InChI=1S/C8H10N2O3/c1-2-8(13)10-3-6(5-11)9-7(12)4-10/h1,6,11H,3-5H2,(H,9,12)/t6-/m0/s1. The van der Waals surface area contributed by atoms with Crippen LogP contribution < -0.4 is 5.32 Å². The molecule has 1 rings (SSSR count). The molecule has 1 fully saturated rings. The average Bonchev–Trinajstić information content (AvgIpc) is 2.15. The zero-order chi connectivity index (χ0) is 9.84. The van der Waals surface area contributed by atoms with Crippen molar-refractivity contribution in [2.24, 2.45) is 0 Å². The van der Waals surface area contributed by atoms with Crippen molar-refractivity contribution in [3.8, 4) is 12.3 Å². The van der Waals surface area contributed by atoms with Gasteiger partial charge in [0.2, 0.25) is 5.91 Å². The number of amides is 2. The van der Waals surface area contributed by atoms with Gasteiger partial charge in [0.1, 0.15) is 6.54 Å². The molecular formula is C8H10N2O3. The SMILES string of the molecule is C#CC(=O)N1CC(=O)N[C@H](CO)C1. The molecule has 0 saturated carbocycles. The van der Waals surface area contributed by atoms with E-state index in [0.717, 1.165) is 0 Å². The quantitative estimate of drug-likeness (QED) is 0.458. The Morgan fingerprint density at radius 3 is 3.08 bits per heavy atom. The van der Waals surface area contributed by atoms with Gasteiger partial charge in [-0.2, -0.15) is 0 Å². The minimum atomic E-state index is -0.520. The maximum atomic E-state index is 11.0. The molecule has 0 spiro atoms. The Bertz CT molecular complexity index is 269. The van der Waals surface area contributed by atoms with Gasteiger partial charge in [0.05, 0.1) is 12.6 Å². The van der Waals surface area contributed by atoms with Gasteiger partial charge < -0.3 is 15.3 Å². The fraction of sp³-hybridized carbons (Fsp3) is 0.500. The van der Waals surface area contributed by atoms with Crippen molar-refractivity contribution in [1.82, 2.24) is 10.2 Å². The van der Waals surface area contributed by atoms with E-state index in [0.29, 0.717) is 0 Å². The van der Waals surface area contributed by atoms with E-state index in [1.807, 2.05) is 5.92 Å². The Labute approximate surface area is 75.7 Å². The number of carbonyl (C=O) groups is 2. The van der Waals surface area contributed by atoms with E-state index in [9.17, 15) is 9.59 Å². The van der Waals surface area contributed by atoms with E-state index in [4.69, 9.17) is 11.5 Å². The van der Waals surface area contributed by atoms with Gasteiger partial charge in [-0.3, -0.25) is 9.59 Å². The monoisotopic (exact) mass is 182 g/mol. The Kier molecular flexibility index (Phi) is 2.88. The highest BCUT2D eigenvalue weighted by Crippen LogP contribution is 1.99. The van der Waals surface area contributed by atoms with Crippen molar-refractivity contribution in [1.29, 1.82) is 0 Å². The Balaban J connectivity index is 2.63. The summed E-state index contributed by atoms with van der Waals surface area (Å²) in [5.41, 5.74) is 0. The zero-order valence-electron chi connectivity index (χ0n) is 6.99. The van der Waals surface area contributed by atoms with E-state index in [1.165, 1.54) is 4.90 Å². The van der Waals surface area contributed by atoms with Crippen LogP contribution in [0, 0.1) is 12.3 Å². The summed E-state index contributed by atoms with van der Waals surface area (Å²) in [7, 11) is 0. The highest BCUT2D eigenvalue weighted by molar-refractivity contribution is 5.96. The van der Waals surface area contributed by atoms with E-state index < -0.39 is 11.9 Å². The molecule has 1 aliphatic rings. The van der Waals surface area contributed by atoms with Crippen molar-refractivity contribution < 1.29 is 14.7 Å². The van der Waals surface area contributed by atoms with Gasteiger partial charge in [0, 0.05) is 6.54 Å². The lowest BCUT2D eigenvalue weighted by atomic mass is 10.2. The second-order valence-corrected chi connectivity index (χ2v) is 2.78. The third-order valence-corrected chi connectivity index (χ3v) is 1.77. The topological polar surface area (TPSA) is 69.6 Å². The molecule has 0 aliphatic carbocycles. The molecule has 1 atom stereocenters.